The number of aromatic nitrogens is 1. The number of likely N-dealkylation sites (tertiary alicyclic amines) is 1. The number of pyridine rings is 1. The largest absolute Gasteiger partial charge is 0.359 e. The van der Waals surface area contributed by atoms with E-state index in [0.717, 1.165) is 0 Å². The zero-order valence-corrected chi connectivity index (χ0v) is 11.7. The normalized spacial score (nSPS) is 22.4. The number of hydrogen-bond acceptors (Lipinski definition) is 3. The molecule has 0 spiro atoms. The summed E-state index contributed by atoms with van der Waals surface area (Å²) >= 11 is 5.69. The van der Waals surface area contributed by atoms with Gasteiger partial charge in [0.2, 0.25) is 5.91 Å². The average Bonchev–Trinajstić information content (AvgIpc) is 2.82. The number of carbonyl (C=O) groups is 2. The van der Waals surface area contributed by atoms with Crippen molar-refractivity contribution in [2.45, 2.75) is 13.3 Å². The molecule has 1 atom stereocenters. The van der Waals surface area contributed by atoms with Crippen molar-refractivity contribution >= 4 is 23.4 Å². The standard InChI is InChI=1S/C13H16ClN3O2/c1-13(12(19)15-2)5-6-17(8-13)11(18)9-3-4-10(14)16-7-9/h3-4,7H,5-6,8H2,1-2H3,(H,15,19). The van der Waals surface area contributed by atoms with E-state index in [2.05, 4.69) is 10.3 Å². The minimum atomic E-state index is -0.510. The van der Waals surface area contributed by atoms with E-state index in [1.165, 1.54) is 6.20 Å². The third kappa shape index (κ3) is 2.71. The minimum Gasteiger partial charge on any atom is -0.359 e. The first-order valence-corrected chi connectivity index (χ1v) is 6.47. The van der Waals surface area contributed by atoms with Gasteiger partial charge in [-0.05, 0) is 25.5 Å². The molecular weight excluding hydrogens is 266 g/mol. The molecule has 1 aromatic rings. The van der Waals surface area contributed by atoms with E-state index < -0.39 is 5.41 Å². The molecule has 0 aromatic carbocycles. The summed E-state index contributed by atoms with van der Waals surface area (Å²) in [4.78, 5) is 29.7. The molecule has 102 valence electrons. The van der Waals surface area contributed by atoms with Crippen LogP contribution in [0, 0.1) is 5.41 Å². The third-order valence-corrected chi connectivity index (χ3v) is 3.73. The van der Waals surface area contributed by atoms with Crippen LogP contribution in [0.1, 0.15) is 23.7 Å². The summed E-state index contributed by atoms with van der Waals surface area (Å²) in [6, 6.07) is 3.23. The Morgan fingerprint density at radius 2 is 2.21 bits per heavy atom. The van der Waals surface area contributed by atoms with Gasteiger partial charge in [-0.2, -0.15) is 0 Å². The lowest BCUT2D eigenvalue weighted by Gasteiger charge is -2.22. The molecule has 1 N–H and O–H groups in total. The third-order valence-electron chi connectivity index (χ3n) is 3.51. The van der Waals surface area contributed by atoms with Crippen LogP contribution < -0.4 is 5.32 Å². The molecule has 1 fully saturated rings. The van der Waals surface area contributed by atoms with Gasteiger partial charge >= 0.3 is 0 Å². The van der Waals surface area contributed by atoms with Crippen LogP contribution in [0.4, 0.5) is 0 Å². The molecule has 2 amide bonds. The average molecular weight is 282 g/mol. The molecule has 0 saturated carbocycles. The topological polar surface area (TPSA) is 62.3 Å². The van der Waals surface area contributed by atoms with Crippen molar-refractivity contribution in [2.75, 3.05) is 20.1 Å². The predicted octanol–water partition coefficient (Wildman–Crippen LogP) is 1.33. The smallest absolute Gasteiger partial charge is 0.255 e. The van der Waals surface area contributed by atoms with Gasteiger partial charge in [0.1, 0.15) is 5.15 Å². The lowest BCUT2D eigenvalue weighted by Crippen LogP contribution is -2.40. The summed E-state index contributed by atoms with van der Waals surface area (Å²) in [6.07, 6.45) is 2.12. The van der Waals surface area contributed by atoms with Gasteiger partial charge in [-0.1, -0.05) is 11.6 Å². The van der Waals surface area contributed by atoms with E-state index in [4.69, 9.17) is 11.6 Å². The summed E-state index contributed by atoms with van der Waals surface area (Å²) in [5.74, 6) is -0.145. The number of rotatable bonds is 2. The lowest BCUT2D eigenvalue weighted by atomic mass is 9.89. The first-order valence-electron chi connectivity index (χ1n) is 6.09. The molecule has 1 unspecified atom stereocenters. The fourth-order valence-corrected chi connectivity index (χ4v) is 2.42. The molecule has 2 rings (SSSR count). The van der Waals surface area contributed by atoms with Gasteiger partial charge < -0.3 is 10.2 Å². The molecule has 0 aliphatic carbocycles. The summed E-state index contributed by atoms with van der Waals surface area (Å²) < 4.78 is 0. The summed E-state index contributed by atoms with van der Waals surface area (Å²) in [5.41, 5.74) is -0.0184. The molecule has 2 heterocycles. The first-order chi connectivity index (χ1) is 8.96. The quantitative estimate of drug-likeness (QED) is 0.832. The van der Waals surface area contributed by atoms with E-state index in [1.807, 2.05) is 6.92 Å². The SMILES string of the molecule is CNC(=O)C1(C)CCN(C(=O)c2ccc(Cl)nc2)C1. The van der Waals surface area contributed by atoms with Gasteiger partial charge in [-0.25, -0.2) is 4.98 Å². The maximum atomic E-state index is 12.3. The second-order valence-corrected chi connectivity index (χ2v) is 5.37. The molecular formula is C13H16ClN3O2. The fraction of sp³-hybridized carbons (Fsp3) is 0.462. The zero-order valence-electron chi connectivity index (χ0n) is 10.9. The van der Waals surface area contributed by atoms with Crippen LogP contribution >= 0.6 is 11.6 Å². The van der Waals surface area contributed by atoms with Crippen molar-refractivity contribution in [1.29, 1.82) is 0 Å². The number of hydrogen-bond donors (Lipinski definition) is 1. The highest BCUT2D eigenvalue weighted by Gasteiger charge is 2.41. The summed E-state index contributed by atoms with van der Waals surface area (Å²) in [5, 5.41) is 3.00. The van der Waals surface area contributed by atoms with Crippen LogP contribution in [0.5, 0.6) is 0 Å². The Labute approximate surface area is 117 Å². The lowest BCUT2D eigenvalue weighted by molar-refractivity contribution is -0.128. The Kier molecular flexibility index (Phi) is 3.75. The van der Waals surface area contributed by atoms with Crippen molar-refractivity contribution in [1.82, 2.24) is 15.2 Å². The van der Waals surface area contributed by atoms with Crippen molar-refractivity contribution in [2.24, 2.45) is 5.41 Å². The van der Waals surface area contributed by atoms with Gasteiger partial charge in [0, 0.05) is 26.3 Å². The predicted molar refractivity (Wildman–Crippen MR) is 71.9 cm³/mol. The number of nitrogens with zero attached hydrogens (tertiary/aromatic N) is 2. The molecule has 0 radical (unpaired) electrons. The second-order valence-electron chi connectivity index (χ2n) is 4.99. The van der Waals surface area contributed by atoms with Gasteiger partial charge in [0.25, 0.3) is 5.91 Å². The van der Waals surface area contributed by atoms with E-state index in [9.17, 15) is 9.59 Å². The highest BCUT2D eigenvalue weighted by atomic mass is 35.5. The molecule has 6 heteroatoms. The number of amides is 2. The number of nitrogens with one attached hydrogen (secondary N) is 1. The highest BCUT2D eigenvalue weighted by Crippen LogP contribution is 2.30. The Morgan fingerprint density at radius 3 is 2.79 bits per heavy atom. The Morgan fingerprint density at radius 1 is 1.47 bits per heavy atom. The maximum absolute atomic E-state index is 12.3. The van der Waals surface area contributed by atoms with Gasteiger partial charge in [0.05, 0.1) is 11.0 Å². The van der Waals surface area contributed by atoms with Gasteiger partial charge in [-0.15, -0.1) is 0 Å². The molecule has 1 aliphatic rings. The van der Waals surface area contributed by atoms with Crippen LogP contribution in [0.15, 0.2) is 18.3 Å². The summed E-state index contributed by atoms with van der Waals surface area (Å²) in [7, 11) is 1.61. The zero-order chi connectivity index (χ0) is 14.0. The van der Waals surface area contributed by atoms with Gasteiger partial charge in [-0.3, -0.25) is 9.59 Å². The van der Waals surface area contributed by atoms with E-state index >= 15 is 0 Å². The van der Waals surface area contributed by atoms with Crippen LogP contribution in [-0.2, 0) is 4.79 Å². The Balaban J connectivity index is 2.11. The molecule has 1 aliphatic heterocycles. The highest BCUT2D eigenvalue weighted by molar-refractivity contribution is 6.29. The first kappa shape index (κ1) is 13.8. The van der Waals surface area contributed by atoms with Crippen molar-refractivity contribution in [3.05, 3.63) is 29.0 Å². The van der Waals surface area contributed by atoms with Crippen molar-refractivity contribution in [3.63, 3.8) is 0 Å². The molecule has 1 aromatic heterocycles. The molecule has 0 bridgehead atoms. The molecule has 19 heavy (non-hydrogen) atoms. The maximum Gasteiger partial charge on any atom is 0.255 e. The van der Waals surface area contributed by atoms with E-state index in [0.29, 0.717) is 30.2 Å². The van der Waals surface area contributed by atoms with E-state index in [1.54, 1.807) is 24.1 Å². The molecule has 1 saturated heterocycles. The number of halogens is 1. The monoisotopic (exact) mass is 281 g/mol. The van der Waals surface area contributed by atoms with Crippen LogP contribution in [0.25, 0.3) is 0 Å². The second kappa shape index (κ2) is 5.17. The minimum absolute atomic E-state index is 0.0305. The van der Waals surface area contributed by atoms with Crippen molar-refractivity contribution in [3.8, 4) is 0 Å². The van der Waals surface area contributed by atoms with Crippen LogP contribution in [0.3, 0.4) is 0 Å². The number of carbonyl (C=O) groups excluding carboxylic acids is 2. The van der Waals surface area contributed by atoms with Crippen molar-refractivity contribution < 1.29 is 9.59 Å². The Bertz CT molecular complexity index is 503. The van der Waals surface area contributed by atoms with Crippen LogP contribution in [0.2, 0.25) is 5.15 Å². The Hall–Kier alpha value is -1.62. The summed E-state index contributed by atoms with van der Waals surface area (Å²) in [6.45, 7) is 2.87. The fourth-order valence-electron chi connectivity index (χ4n) is 2.31. The van der Waals surface area contributed by atoms with E-state index in [-0.39, 0.29) is 11.8 Å². The van der Waals surface area contributed by atoms with Gasteiger partial charge in [0.15, 0.2) is 0 Å². The molecule has 5 nitrogen and oxygen atoms in total. The van der Waals surface area contributed by atoms with Crippen LogP contribution in [-0.4, -0.2) is 41.8 Å².